The van der Waals surface area contributed by atoms with Crippen LogP contribution in [0.2, 0.25) is 0 Å². The largest absolute Gasteiger partial charge is 0.484 e. The van der Waals surface area contributed by atoms with Crippen LogP contribution in [0, 0.1) is 0 Å². The lowest BCUT2D eigenvalue weighted by molar-refractivity contribution is -0.137. The minimum atomic E-state index is -4.55. The van der Waals surface area contributed by atoms with Crippen LogP contribution in [0.3, 0.4) is 0 Å². The Hall–Kier alpha value is -4.05. The first kappa shape index (κ1) is 26.2. The number of Topliss-reactive ketones (excluding diaryl/α,β-unsaturated/α-hetero) is 2. The SMILES string of the molecule is O=C1C(=O)c2ccc(-c3ccccc3)cc2C2=C1SCC1(CCN(C(=O)Oc3cccc(C(F)(F)F)c3)CC1)O2. The van der Waals surface area contributed by atoms with E-state index in [0.29, 0.717) is 40.4 Å². The molecule has 1 saturated heterocycles. The van der Waals surface area contributed by atoms with E-state index in [2.05, 4.69) is 0 Å². The number of thioether (sulfide) groups is 1. The van der Waals surface area contributed by atoms with E-state index in [0.717, 1.165) is 23.3 Å². The van der Waals surface area contributed by atoms with E-state index in [1.807, 2.05) is 42.5 Å². The summed E-state index contributed by atoms with van der Waals surface area (Å²) >= 11 is 1.29. The van der Waals surface area contributed by atoms with Crippen LogP contribution in [0.1, 0.15) is 34.3 Å². The molecule has 10 heteroatoms. The average Bonchev–Trinajstić information content (AvgIpc) is 2.96. The highest BCUT2D eigenvalue weighted by atomic mass is 32.2. The summed E-state index contributed by atoms with van der Waals surface area (Å²) in [6.07, 6.45) is -4.45. The summed E-state index contributed by atoms with van der Waals surface area (Å²) in [5, 5.41) is 0. The third-order valence-electron chi connectivity index (χ3n) is 7.33. The van der Waals surface area contributed by atoms with Crippen molar-refractivity contribution in [1.82, 2.24) is 4.90 Å². The van der Waals surface area contributed by atoms with Gasteiger partial charge in [0.2, 0.25) is 11.6 Å². The lowest BCUT2D eigenvalue weighted by atomic mass is 9.88. The first-order valence-electron chi connectivity index (χ1n) is 12.6. The van der Waals surface area contributed by atoms with E-state index in [4.69, 9.17) is 9.47 Å². The number of fused-ring (bicyclic) bond motifs is 2. The lowest BCUT2D eigenvalue weighted by Gasteiger charge is -2.45. The zero-order valence-electron chi connectivity index (χ0n) is 21.0. The van der Waals surface area contributed by atoms with Gasteiger partial charge in [-0.3, -0.25) is 9.59 Å². The summed E-state index contributed by atoms with van der Waals surface area (Å²) in [5.41, 5.74) is 1.12. The quantitative estimate of drug-likeness (QED) is 0.326. The van der Waals surface area contributed by atoms with Gasteiger partial charge in [-0.1, -0.05) is 42.5 Å². The average molecular weight is 566 g/mol. The Morgan fingerprint density at radius 3 is 2.35 bits per heavy atom. The smallest absolute Gasteiger partial charge is 0.416 e. The molecule has 0 N–H and O–H groups in total. The van der Waals surface area contributed by atoms with Gasteiger partial charge < -0.3 is 14.4 Å². The number of halogens is 3. The Kier molecular flexibility index (Phi) is 6.45. The second kappa shape index (κ2) is 9.85. The number of likely N-dealkylation sites (tertiary alicyclic amines) is 1. The first-order valence-corrected chi connectivity index (χ1v) is 13.6. The molecule has 0 unspecified atom stereocenters. The van der Waals surface area contributed by atoms with E-state index in [-0.39, 0.29) is 18.8 Å². The van der Waals surface area contributed by atoms with Crippen LogP contribution < -0.4 is 4.74 Å². The van der Waals surface area contributed by atoms with Gasteiger partial charge in [0.1, 0.15) is 22.0 Å². The molecule has 204 valence electrons. The second-order valence-electron chi connectivity index (χ2n) is 9.90. The van der Waals surface area contributed by atoms with Gasteiger partial charge in [0.05, 0.1) is 5.56 Å². The molecule has 0 aromatic heterocycles. The summed E-state index contributed by atoms with van der Waals surface area (Å²) in [6.45, 7) is 0.509. The number of benzene rings is 3. The number of carbonyl (C=O) groups is 3. The van der Waals surface area contributed by atoms with Crippen LogP contribution in [-0.2, 0) is 15.7 Å². The van der Waals surface area contributed by atoms with Crippen molar-refractivity contribution in [2.24, 2.45) is 0 Å². The number of hydrogen-bond donors (Lipinski definition) is 0. The van der Waals surface area contributed by atoms with Crippen LogP contribution in [0.5, 0.6) is 5.75 Å². The highest BCUT2D eigenvalue weighted by molar-refractivity contribution is 8.04. The summed E-state index contributed by atoms with van der Waals surface area (Å²) in [6, 6.07) is 19.2. The van der Waals surface area contributed by atoms with Gasteiger partial charge in [0, 0.05) is 42.8 Å². The molecule has 2 aliphatic heterocycles. The Labute approximate surface area is 231 Å². The third-order valence-corrected chi connectivity index (χ3v) is 8.66. The number of nitrogens with zero attached hydrogens (tertiary/aromatic N) is 1. The fraction of sp³-hybridized carbons (Fsp3) is 0.233. The molecule has 2 heterocycles. The molecule has 1 fully saturated rings. The molecular weight excluding hydrogens is 543 g/mol. The predicted molar refractivity (Wildman–Crippen MR) is 143 cm³/mol. The van der Waals surface area contributed by atoms with Crippen molar-refractivity contribution in [1.29, 1.82) is 0 Å². The normalized spacial score (nSPS) is 18.2. The Bertz CT molecular complexity index is 1560. The van der Waals surface area contributed by atoms with Crippen molar-refractivity contribution in [3.63, 3.8) is 0 Å². The molecule has 1 spiro atoms. The van der Waals surface area contributed by atoms with Crippen LogP contribution in [0.4, 0.5) is 18.0 Å². The molecule has 3 aromatic rings. The van der Waals surface area contributed by atoms with Gasteiger partial charge in [0.15, 0.2) is 0 Å². The lowest BCUT2D eigenvalue weighted by Crippen LogP contribution is -2.51. The number of ketones is 2. The molecule has 3 aromatic carbocycles. The van der Waals surface area contributed by atoms with Gasteiger partial charge in [-0.05, 0) is 41.5 Å². The van der Waals surface area contributed by atoms with Gasteiger partial charge in [-0.15, -0.1) is 11.8 Å². The molecule has 6 rings (SSSR count). The van der Waals surface area contributed by atoms with Crippen LogP contribution in [0.15, 0.2) is 77.7 Å². The van der Waals surface area contributed by atoms with Crippen molar-refractivity contribution < 1.29 is 37.0 Å². The van der Waals surface area contributed by atoms with Gasteiger partial charge >= 0.3 is 12.3 Å². The van der Waals surface area contributed by atoms with Crippen molar-refractivity contribution in [2.75, 3.05) is 18.8 Å². The van der Waals surface area contributed by atoms with Crippen LogP contribution in [-0.4, -0.2) is 47.0 Å². The fourth-order valence-corrected chi connectivity index (χ4v) is 6.38. The first-order chi connectivity index (χ1) is 19.1. The molecule has 0 atom stereocenters. The maximum Gasteiger partial charge on any atom is 0.416 e. The Balaban J connectivity index is 1.20. The predicted octanol–water partition coefficient (Wildman–Crippen LogP) is 6.60. The molecule has 0 saturated carbocycles. The minimum absolute atomic E-state index is 0.185. The summed E-state index contributed by atoms with van der Waals surface area (Å²) in [4.78, 5) is 40.2. The summed E-state index contributed by atoms with van der Waals surface area (Å²) < 4.78 is 50.8. The van der Waals surface area contributed by atoms with Crippen molar-refractivity contribution >= 4 is 35.2 Å². The number of hydrogen-bond acceptors (Lipinski definition) is 6. The second-order valence-corrected chi connectivity index (χ2v) is 10.9. The topological polar surface area (TPSA) is 72.9 Å². The number of alkyl halides is 3. The monoisotopic (exact) mass is 565 g/mol. The maximum atomic E-state index is 13.0. The van der Waals surface area contributed by atoms with Gasteiger partial charge in [0.25, 0.3) is 0 Å². The molecule has 40 heavy (non-hydrogen) atoms. The van der Waals surface area contributed by atoms with E-state index >= 15 is 0 Å². The van der Waals surface area contributed by atoms with Crippen LogP contribution in [0.25, 0.3) is 16.9 Å². The van der Waals surface area contributed by atoms with Crippen LogP contribution >= 0.6 is 11.8 Å². The van der Waals surface area contributed by atoms with Crippen molar-refractivity contribution in [3.8, 4) is 16.9 Å². The standard InChI is InChI=1S/C30H22F3NO5S/c31-30(32,33)20-7-4-8-21(16-20)38-28(37)34-13-11-29(12-14-34)17-40-27-25(36)24(35)22-10-9-19(15-23(22)26(27)39-29)18-5-2-1-3-6-18/h1-10,15-16H,11-14,17H2. The van der Waals surface area contributed by atoms with E-state index < -0.39 is 35.0 Å². The number of allylic oxidation sites excluding steroid dienone is 1. The molecule has 1 amide bonds. The minimum Gasteiger partial charge on any atom is -0.484 e. The zero-order chi connectivity index (χ0) is 28.1. The number of ether oxygens (including phenoxy) is 2. The highest BCUT2D eigenvalue weighted by Gasteiger charge is 2.46. The molecule has 0 radical (unpaired) electrons. The van der Waals surface area contributed by atoms with Crippen molar-refractivity contribution in [2.45, 2.75) is 24.6 Å². The maximum absolute atomic E-state index is 13.0. The molecule has 6 nitrogen and oxygen atoms in total. The van der Waals surface area contributed by atoms with Gasteiger partial charge in [-0.25, -0.2) is 4.79 Å². The summed E-state index contributed by atoms with van der Waals surface area (Å²) in [7, 11) is 0. The fourth-order valence-electron chi connectivity index (χ4n) is 5.12. The van der Waals surface area contributed by atoms with E-state index in [1.165, 1.54) is 28.8 Å². The third kappa shape index (κ3) is 4.77. The number of carbonyl (C=O) groups excluding carboxylic acids is 3. The molecule has 0 bridgehead atoms. The molecule has 1 aliphatic carbocycles. The molecular formula is C30H22F3NO5S. The number of rotatable bonds is 2. The molecule has 3 aliphatic rings. The zero-order valence-corrected chi connectivity index (χ0v) is 21.8. The van der Waals surface area contributed by atoms with E-state index in [9.17, 15) is 27.6 Å². The van der Waals surface area contributed by atoms with E-state index in [1.54, 1.807) is 6.07 Å². The Morgan fingerprint density at radius 2 is 1.62 bits per heavy atom. The summed E-state index contributed by atoms with van der Waals surface area (Å²) in [5.74, 6) is -0.525. The van der Waals surface area contributed by atoms with Crippen molar-refractivity contribution in [3.05, 3.63) is 94.4 Å². The number of piperidine rings is 1. The number of amides is 1. The highest BCUT2D eigenvalue weighted by Crippen LogP contribution is 2.48. The van der Waals surface area contributed by atoms with Gasteiger partial charge in [-0.2, -0.15) is 13.2 Å². The Morgan fingerprint density at radius 1 is 0.875 bits per heavy atom.